The van der Waals surface area contributed by atoms with Crippen molar-refractivity contribution in [3.05, 3.63) is 48.5 Å². The zero-order valence-corrected chi connectivity index (χ0v) is 23.3. The van der Waals surface area contributed by atoms with Gasteiger partial charge in [-0.2, -0.15) is 0 Å². The molecule has 0 saturated heterocycles. The van der Waals surface area contributed by atoms with E-state index in [9.17, 15) is 12.8 Å². The molecule has 3 aromatic heterocycles. The van der Waals surface area contributed by atoms with E-state index >= 15 is 4.39 Å². The number of alkyl halides is 1. The number of ether oxygens (including phenoxy) is 1. The summed E-state index contributed by atoms with van der Waals surface area (Å²) in [6, 6.07) is 7.38. The van der Waals surface area contributed by atoms with Crippen molar-refractivity contribution < 1.29 is 21.9 Å². The van der Waals surface area contributed by atoms with E-state index in [0.29, 0.717) is 29.4 Å². The molecule has 3 heterocycles. The van der Waals surface area contributed by atoms with E-state index in [1.54, 1.807) is 24.5 Å². The van der Waals surface area contributed by atoms with Gasteiger partial charge >= 0.3 is 0 Å². The monoisotopic (exact) mass is 574 g/mol. The Morgan fingerprint density at radius 1 is 1.00 bits per heavy atom. The molecule has 0 aliphatic heterocycles. The fourth-order valence-electron chi connectivity index (χ4n) is 3.48. The van der Waals surface area contributed by atoms with Crippen LogP contribution in [0.1, 0.15) is 27.2 Å². The summed E-state index contributed by atoms with van der Waals surface area (Å²) >= 11 is 0. The summed E-state index contributed by atoms with van der Waals surface area (Å²) in [4.78, 5) is 21.6. The van der Waals surface area contributed by atoms with E-state index in [2.05, 4.69) is 35.0 Å². The Morgan fingerprint density at radius 2 is 1.73 bits per heavy atom. The van der Waals surface area contributed by atoms with Gasteiger partial charge in [0.05, 0.1) is 34.9 Å². The van der Waals surface area contributed by atoms with E-state index in [1.165, 1.54) is 18.2 Å². The average molecular weight is 575 g/mol. The molecule has 40 heavy (non-hydrogen) atoms. The smallest absolute Gasteiger partial charge is 0.232 e. The van der Waals surface area contributed by atoms with Crippen LogP contribution in [0.15, 0.2) is 42.7 Å². The highest BCUT2D eigenvalue weighted by atomic mass is 32.2. The van der Waals surface area contributed by atoms with Gasteiger partial charge in [-0.3, -0.25) is 9.11 Å². The van der Waals surface area contributed by atoms with Gasteiger partial charge in [0, 0.05) is 37.7 Å². The molecular formula is C26H32F2N8O3S. The van der Waals surface area contributed by atoms with Crippen LogP contribution in [-0.2, 0) is 14.8 Å². The van der Waals surface area contributed by atoms with Crippen LogP contribution in [0.2, 0.25) is 0 Å². The third-order valence-electron chi connectivity index (χ3n) is 5.31. The lowest BCUT2D eigenvalue weighted by atomic mass is 10.1. The van der Waals surface area contributed by atoms with Crippen molar-refractivity contribution in [3.8, 4) is 22.6 Å². The first-order valence-corrected chi connectivity index (χ1v) is 14.3. The number of nitrogen functional groups attached to an aromatic ring is 1. The van der Waals surface area contributed by atoms with E-state index < -0.39 is 28.3 Å². The van der Waals surface area contributed by atoms with Crippen LogP contribution in [0.4, 0.5) is 26.2 Å². The van der Waals surface area contributed by atoms with Gasteiger partial charge in [0.1, 0.15) is 5.52 Å². The minimum Gasteiger partial charge on any atom is -0.382 e. The first-order valence-electron chi connectivity index (χ1n) is 12.7. The Bertz CT molecular complexity index is 1520. The summed E-state index contributed by atoms with van der Waals surface area (Å²) in [6.07, 6.45) is 2.96. The second-order valence-electron chi connectivity index (χ2n) is 8.23. The Labute approximate surface area is 231 Å². The highest BCUT2D eigenvalue weighted by Crippen LogP contribution is 2.30. The van der Waals surface area contributed by atoms with Gasteiger partial charge in [-0.25, -0.2) is 37.7 Å². The number of nitrogens with one attached hydrogen (secondary N) is 2. The highest BCUT2D eigenvalue weighted by Gasteiger charge is 2.18. The number of nitrogens with two attached hydrogens (primary N) is 1. The number of hydrogen-bond donors (Lipinski definition) is 3. The second-order valence-corrected chi connectivity index (χ2v) is 10.1. The number of nitrogens with zero attached hydrogens (tertiary/aromatic N) is 5. The molecule has 0 aliphatic carbocycles. The number of sulfonamides is 1. The zero-order valence-electron chi connectivity index (χ0n) is 22.5. The van der Waals surface area contributed by atoms with Gasteiger partial charge in [0.2, 0.25) is 16.0 Å². The molecular weight excluding hydrogens is 542 g/mol. The molecule has 4 N–H and O–H groups in total. The van der Waals surface area contributed by atoms with E-state index in [-0.39, 0.29) is 34.7 Å². The van der Waals surface area contributed by atoms with Crippen molar-refractivity contribution >= 4 is 38.5 Å². The number of aromatic nitrogens is 5. The maximum Gasteiger partial charge on any atom is 0.232 e. The van der Waals surface area contributed by atoms with Gasteiger partial charge in [0.15, 0.2) is 17.5 Å². The molecule has 0 radical (unpaired) electrons. The lowest BCUT2D eigenvalue weighted by Crippen LogP contribution is -2.18. The van der Waals surface area contributed by atoms with Gasteiger partial charge in [-0.15, -0.1) is 0 Å². The van der Waals surface area contributed by atoms with Crippen molar-refractivity contribution in [1.82, 2.24) is 24.9 Å². The SMILES string of the molecule is CCNc1ncc(-c2nc(N)c3nc(-c4cccc(NS(=O)(=O)CCCF)c4F)ccc3n2)cn1.CCOCC. The number of halogens is 2. The summed E-state index contributed by atoms with van der Waals surface area (Å²) in [5, 5.41) is 3.00. The normalized spacial score (nSPS) is 11.1. The molecule has 214 valence electrons. The van der Waals surface area contributed by atoms with Crippen LogP contribution in [0.3, 0.4) is 0 Å². The van der Waals surface area contributed by atoms with Crippen molar-refractivity contribution in [1.29, 1.82) is 0 Å². The molecule has 0 unspecified atom stereocenters. The van der Waals surface area contributed by atoms with Gasteiger partial charge in [-0.1, -0.05) is 6.07 Å². The summed E-state index contributed by atoms with van der Waals surface area (Å²) in [7, 11) is -3.90. The highest BCUT2D eigenvalue weighted by molar-refractivity contribution is 7.92. The number of pyridine rings is 1. The fraction of sp³-hybridized carbons (Fsp3) is 0.346. The third kappa shape index (κ3) is 7.99. The molecule has 0 saturated carbocycles. The van der Waals surface area contributed by atoms with Gasteiger partial charge < -0.3 is 15.8 Å². The van der Waals surface area contributed by atoms with Crippen molar-refractivity contribution in [2.45, 2.75) is 27.2 Å². The second kappa shape index (κ2) is 14.4. The molecule has 0 aliphatic rings. The molecule has 0 fully saturated rings. The maximum atomic E-state index is 15.2. The largest absolute Gasteiger partial charge is 0.382 e. The molecule has 0 bridgehead atoms. The summed E-state index contributed by atoms with van der Waals surface area (Å²) < 4.78 is 58.6. The van der Waals surface area contributed by atoms with E-state index in [4.69, 9.17) is 10.5 Å². The van der Waals surface area contributed by atoms with Gasteiger partial charge in [0.25, 0.3) is 0 Å². The van der Waals surface area contributed by atoms with Crippen molar-refractivity contribution in [3.63, 3.8) is 0 Å². The molecule has 4 rings (SSSR count). The van der Waals surface area contributed by atoms with Crippen molar-refractivity contribution in [2.75, 3.05) is 48.0 Å². The molecule has 14 heteroatoms. The molecule has 1 aromatic carbocycles. The Hall–Kier alpha value is -4.04. The number of hydrogen-bond acceptors (Lipinski definition) is 10. The minimum absolute atomic E-state index is 0.0495. The van der Waals surface area contributed by atoms with Crippen LogP contribution < -0.4 is 15.8 Å². The van der Waals surface area contributed by atoms with Crippen LogP contribution >= 0.6 is 0 Å². The fourth-order valence-corrected chi connectivity index (χ4v) is 4.57. The van der Waals surface area contributed by atoms with Crippen LogP contribution in [0.25, 0.3) is 33.7 Å². The van der Waals surface area contributed by atoms with Crippen molar-refractivity contribution in [2.24, 2.45) is 0 Å². The Kier molecular flexibility index (Phi) is 11.0. The summed E-state index contributed by atoms with van der Waals surface area (Å²) in [5.41, 5.74) is 7.37. The van der Waals surface area contributed by atoms with E-state index in [1.807, 2.05) is 20.8 Å². The van der Waals surface area contributed by atoms with Gasteiger partial charge in [-0.05, 0) is 51.5 Å². The molecule has 11 nitrogen and oxygen atoms in total. The molecule has 0 amide bonds. The van der Waals surface area contributed by atoms with Crippen LogP contribution in [0.5, 0.6) is 0 Å². The first-order chi connectivity index (χ1) is 19.2. The Morgan fingerprint density at radius 3 is 2.35 bits per heavy atom. The number of fused-ring (bicyclic) bond motifs is 1. The predicted octanol–water partition coefficient (Wildman–Crippen LogP) is 4.45. The standard InChI is InChI=1S/C22H22F2N8O2S.C4H10O/c1-2-26-22-27-11-13(12-28-22)21-30-17-8-7-15(29-19(17)20(25)31-21)14-5-3-6-16(18(14)24)32-35(33,34)10-4-9-23;1-3-5-4-2/h3,5-8,11-12,32H,2,4,9-10H2,1H3,(H2,25,30,31)(H,26,27,28);3-4H2,1-2H3. The molecule has 0 atom stereocenters. The van der Waals surface area contributed by atoms with Crippen LogP contribution in [-0.4, -0.2) is 65.5 Å². The quantitative estimate of drug-likeness (QED) is 0.234. The number of benzene rings is 1. The number of anilines is 3. The third-order valence-corrected chi connectivity index (χ3v) is 6.67. The topological polar surface area (TPSA) is 158 Å². The summed E-state index contributed by atoms with van der Waals surface area (Å²) in [6.45, 7) is 7.49. The Balaban J connectivity index is 0.000000810. The van der Waals surface area contributed by atoms with Crippen LogP contribution in [0, 0.1) is 5.82 Å². The molecule has 0 spiro atoms. The predicted molar refractivity (Wildman–Crippen MR) is 152 cm³/mol. The minimum atomic E-state index is -3.90. The zero-order chi connectivity index (χ0) is 29.1. The van der Waals surface area contributed by atoms with E-state index in [0.717, 1.165) is 13.2 Å². The lowest BCUT2D eigenvalue weighted by Gasteiger charge is -2.12. The lowest BCUT2D eigenvalue weighted by molar-refractivity contribution is 0.162. The average Bonchev–Trinajstić information content (AvgIpc) is 2.94. The molecule has 4 aromatic rings. The first kappa shape index (κ1) is 30.5. The number of rotatable bonds is 11. The summed E-state index contributed by atoms with van der Waals surface area (Å²) in [5.74, 6) is -0.419. The maximum absolute atomic E-state index is 15.2.